The minimum absolute atomic E-state index is 0.00329. The number of rotatable bonds is 11. The fraction of sp³-hybridized carbons (Fsp3) is 0.682. The van der Waals surface area contributed by atoms with Gasteiger partial charge < -0.3 is 25.2 Å². The van der Waals surface area contributed by atoms with Crippen LogP contribution in [0.1, 0.15) is 45.6 Å². The maximum absolute atomic E-state index is 12.5. The molecule has 2 rings (SSSR count). The zero-order valence-corrected chi connectivity index (χ0v) is 18.7. The first-order valence-electron chi connectivity index (χ1n) is 11.2. The molecule has 0 unspecified atom stereocenters. The quantitative estimate of drug-likeness (QED) is 0.537. The largest absolute Gasteiger partial charge is 0.478 e. The summed E-state index contributed by atoms with van der Waals surface area (Å²) < 4.78 is 5.39. The number of nitrogens with zero attached hydrogens (tertiary/aromatic N) is 3. The van der Waals surface area contributed by atoms with E-state index in [1.165, 1.54) is 0 Å². The van der Waals surface area contributed by atoms with Crippen LogP contribution in [0.5, 0.6) is 5.88 Å². The van der Waals surface area contributed by atoms with E-state index >= 15 is 0 Å². The van der Waals surface area contributed by atoms with Gasteiger partial charge in [0.2, 0.25) is 11.8 Å². The molecule has 1 aliphatic rings. The standard InChI is InChI=1S/C22H37N5O3/c1-4-26(5-2)13-7-11-24-21(28)19-9-14-27(15-10-19)22(29)25-17-18-8-12-23-20(16-18)30-6-3/h8,12,16,19H,4-7,9-11,13-15,17H2,1-3H3,(H,24,28)(H,25,29). The van der Waals surface area contributed by atoms with E-state index in [9.17, 15) is 9.59 Å². The van der Waals surface area contributed by atoms with Crippen molar-refractivity contribution in [2.24, 2.45) is 5.92 Å². The van der Waals surface area contributed by atoms with Gasteiger partial charge in [-0.15, -0.1) is 0 Å². The molecule has 0 saturated carbocycles. The summed E-state index contributed by atoms with van der Waals surface area (Å²) >= 11 is 0. The minimum Gasteiger partial charge on any atom is -0.478 e. The van der Waals surface area contributed by atoms with Crippen LogP contribution in [0.4, 0.5) is 4.79 Å². The Morgan fingerprint density at radius 3 is 2.60 bits per heavy atom. The Morgan fingerprint density at radius 2 is 1.93 bits per heavy atom. The Kier molecular flexibility index (Phi) is 10.4. The summed E-state index contributed by atoms with van der Waals surface area (Å²) in [5, 5.41) is 6.00. The Bertz CT molecular complexity index is 658. The molecule has 0 spiro atoms. The number of hydrogen-bond donors (Lipinski definition) is 2. The number of piperidine rings is 1. The summed E-state index contributed by atoms with van der Waals surface area (Å²) in [4.78, 5) is 33.1. The van der Waals surface area contributed by atoms with Crippen molar-refractivity contribution in [2.45, 2.75) is 46.6 Å². The molecule has 3 amide bonds. The topological polar surface area (TPSA) is 86.8 Å². The van der Waals surface area contributed by atoms with Gasteiger partial charge in [0.25, 0.3) is 0 Å². The summed E-state index contributed by atoms with van der Waals surface area (Å²) in [7, 11) is 0. The lowest BCUT2D eigenvalue weighted by Gasteiger charge is -2.31. The van der Waals surface area contributed by atoms with Gasteiger partial charge in [-0.2, -0.15) is 0 Å². The van der Waals surface area contributed by atoms with Crippen LogP contribution in [-0.4, -0.2) is 72.6 Å². The van der Waals surface area contributed by atoms with Crippen LogP contribution in [0.2, 0.25) is 0 Å². The molecule has 0 aromatic carbocycles. The van der Waals surface area contributed by atoms with Crippen molar-refractivity contribution in [1.29, 1.82) is 0 Å². The second kappa shape index (κ2) is 13.1. The smallest absolute Gasteiger partial charge is 0.317 e. The molecule has 8 heteroatoms. The van der Waals surface area contributed by atoms with Crippen LogP contribution in [0, 0.1) is 5.92 Å². The molecule has 1 saturated heterocycles. The van der Waals surface area contributed by atoms with Crippen LogP contribution in [0.15, 0.2) is 18.3 Å². The molecule has 0 radical (unpaired) electrons. The van der Waals surface area contributed by atoms with Gasteiger partial charge >= 0.3 is 6.03 Å². The average molecular weight is 420 g/mol. The third kappa shape index (κ3) is 7.82. The average Bonchev–Trinajstić information content (AvgIpc) is 2.78. The first-order chi connectivity index (χ1) is 14.6. The van der Waals surface area contributed by atoms with Crippen LogP contribution in [-0.2, 0) is 11.3 Å². The molecular formula is C22H37N5O3. The van der Waals surface area contributed by atoms with Crippen molar-refractivity contribution in [3.63, 3.8) is 0 Å². The highest BCUT2D eigenvalue weighted by Gasteiger charge is 2.27. The van der Waals surface area contributed by atoms with Crippen molar-refractivity contribution >= 4 is 11.9 Å². The summed E-state index contributed by atoms with van der Waals surface area (Å²) in [5.41, 5.74) is 0.945. The van der Waals surface area contributed by atoms with Gasteiger partial charge in [-0.1, -0.05) is 13.8 Å². The van der Waals surface area contributed by atoms with Crippen molar-refractivity contribution in [1.82, 2.24) is 25.4 Å². The maximum atomic E-state index is 12.5. The second-order valence-corrected chi connectivity index (χ2v) is 7.53. The Hall–Kier alpha value is -2.35. The van der Waals surface area contributed by atoms with Crippen LogP contribution in [0.25, 0.3) is 0 Å². The van der Waals surface area contributed by atoms with Gasteiger partial charge in [-0.05, 0) is 57.5 Å². The SMILES string of the molecule is CCOc1cc(CNC(=O)N2CCC(C(=O)NCCCN(CC)CC)CC2)ccn1. The first kappa shape index (κ1) is 23.9. The third-order valence-corrected chi connectivity index (χ3v) is 5.53. The molecular weight excluding hydrogens is 382 g/mol. The van der Waals surface area contributed by atoms with Crippen LogP contribution < -0.4 is 15.4 Å². The fourth-order valence-electron chi connectivity index (χ4n) is 3.62. The van der Waals surface area contributed by atoms with Crippen molar-refractivity contribution in [3.05, 3.63) is 23.9 Å². The molecule has 0 bridgehead atoms. The number of amides is 3. The molecule has 2 heterocycles. The predicted molar refractivity (Wildman–Crippen MR) is 117 cm³/mol. The predicted octanol–water partition coefficient (Wildman–Crippen LogP) is 2.25. The summed E-state index contributed by atoms with van der Waals surface area (Å²) in [6.45, 7) is 12.2. The van der Waals surface area contributed by atoms with Crippen LogP contribution in [0.3, 0.4) is 0 Å². The van der Waals surface area contributed by atoms with E-state index < -0.39 is 0 Å². The lowest BCUT2D eigenvalue weighted by molar-refractivity contribution is -0.126. The maximum Gasteiger partial charge on any atom is 0.317 e. The van der Waals surface area contributed by atoms with E-state index in [2.05, 4.69) is 34.4 Å². The highest BCUT2D eigenvalue weighted by Crippen LogP contribution is 2.17. The van der Waals surface area contributed by atoms with E-state index in [-0.39, 0.29) is 17.9 Å². The van der Waals surface area contributed by atoms with Gasteiger partial charge in [0.1, 0.15) is 0 Å². The van der Waals surface area contributed by atoms with Gasteiger partial charge in [0.15, 0.2) is 0 Å². The summed E-state index contributed by atoms with van der Waals surface area (Å²) in [6.07, 6.45) is 4.06. The van der Waals surface area contributed by atoms with Gasteiger partial charge in [-0.25, -0.2) is 9.78 Å². The molecule has 30 heavy (non-hydrogen) atoms. The van der Waals surface area contributed by atoms with Gasteiger partial charge in [-0.3, -0.25) is 4.79 Å². The molecule has 8 nitrogen and oxygen atoms in total. The lowest BCUT2D eigenvalue weighted by Crippen LogP contribution is -2.46. The van der Waals surface area contributed by atoms with E-state index in [0.717, 1.165) is 31.6 Å². The number of likely N-dealkylation sites (tertiary alicyclic amines) is 1. The third-order valence-electron chi connectivity index (χ3n) is 5.53. The fourth-order valence-corrected chi connectivity index (χ4v) is 3.62. The number of ether oxygens (including phenoxy) is 1. The Morgan fingerprint density at radius 1 is 1.20 bits per heavy atom. The number of nitrogens with one attached hydrogen (secondary N) is 2. The molecule has 0 aliphatic carbocycles. The molecule has 1 fully saturated rings. The monoisotopic (exact) mass is 419 g/mol. The molecule has 1 aliphatic heterocycles. The lowest BCUT2D eigenvalue weighted by atomic mass is 9.96. The Balaban J connectivity index is 1.66. The van der Waals surface area contributed by atoms with Crippen molar-refractivity contribution < 1.29 is 14.3 Å². The van der Waals surface area contributed by atoms with E-state index in [4.69, 9.17) is 4.74 Å². The highest BCUT2D eigenvalue weighted by molar-refractivity contribution is 5.79. The van der Waals surface area contributed by atoms with Crippen molar-refractivity contribution in [2.75, 3.05) is 45.9 Å². The number of carbonyl (C=O) groups excluding carboxylic acids is 2. The Labute approximate surface area is 180 Å². The molecule has 1 aromatic heterocycles. The van der Waals surface area contributed by atoms with E-state index in [0.29, 0.717) is 51.5 Å². The zero-order chi connectivity index (χ0) is 21.8. The van der Waals surface area contributed by atoms with E-state index in [1.807, 2.05) is 19.1 Å². The second-order valence-electron chi connectivity index (χ2n) is 7.53. The highest BCUT2D eigenvalue weighted by atomic mass is 16.5. The summed E-state index contributed by atoms with van der Waals surface area (Å²) in [5.74, 6) is 0.680. The molecule has 0 atom stereocenters. The normalized spacial score (nSPS) is 14.6. The van der Waals surface area contributed by atoms with E-state index in [1.54, 1.807) is 11.1 Å². The molecule has 1 aromatic rings. The zero-order valence-electron chi connectivity index (χ0n) is 18.7. The van der Waals surface area contributed by atoms with Gasteiger partial charge in [0, 0.05) is 44.4 Å². The first-order valence-corrected chi connectivity index (χ1v) is 11.2. The number of hydrogen-bond acceptors (Lipinski definition) is 5. The van der Waals surface area contributed by atoms with Gasteiger partial charge in [0.05, 0.1) is 6.61 Å². The molecule has 2 N–H and O–H groups in total. The number of urea groups is 1. The van der Waals surface area contributed by atoms with Crippen LogP contribution >= 0.6 is 0 Å². The summed E-state index contributed by atoms with van der Waals surface area (Å²) in [6, 6.07) is 3.60. The number of pyridine rings is 1. The molecule has 168 valence electrons. The minimum atomic E-state index is -0.0946. The number of aromatic nitrogens is 1. The van der Waals surface area contributed by atoms with Crippen molar-refractivity contribution in [3.8, 4) is 5.88 Å². The number of carbonyl (C=O) groups is 2.